The van der Waals surface area contributed by atoms with E-state index in [1.54, 1.807) is 12.1 Å². The number of amides is 2. The molecule has 1 N–H and O–H groups in total. The van der Waals surface area contributed by atoms with Gasteiger partial charge in [-0.1, -0.05) is 62.7 Å². The molecule has 0 heterocycles. The fraction of sp³-hybridized carbons (Fsp3) is 0.462. The molecule has 0 saturated carbocycles. The molecule has 0 spiro atoms. The second-order valence-corrected chi connectivity index (χ2v) is 10.5. The average Bonchev–Trinajstić information content (AvgIpc) is 2.79. The minimum absolute atomic E-state index is 0.212. The molecule has 0 aliphatic carbocycles. The summed E-state index contributed by atoms with van der Waals surface area (Å²) in [6, 6.07) is 14.1. The van der Waals surface area contributed by atoms with E-state index >= 15 is 0 Å². The van der Waals surface area contributed by atoms with Crippen molar-refractivity contribution < 1.29 is 18.0 Å². The van der Waals surface area contributed by atoms with Crippen LogP contribution < -0.4 is 9.62 Å². The van der Waals surface area contributed by atoms with E-state index in [1.165, 1.54) is 4.90 Å². The van der Waals surface area contributed by atoms with Crippen LogP contribution in [0.2, 0.25) is 0 Å². The van der Waals surface area contributed by atoms with Crippen molar-refractivity contribution in [1.82, 2.24) is 10.2 Å². The fourth-order valence-corrected chi connectivity index (χ4v) is 4.71. The molecule has 0 saturated heterocycles. The third-order valence-electron chi connectivity index (χ3n) is 5.94. The molecule has 1 unspecified atom stereocenters. The molecule has 7 nitrogen and oxygen atoms in total. The predicted molar refractivity (Wildman–Crippen MR) is 137 cm³/mol. The number of hydrogen-bond donors (Lipinski definition) is 1. The maximum Gasteiger partial charge on any atom is 0.244 e. The highest BCUT2D eigenvalue weighted by molar-refractivity contribution is 7.92. The van der Waals surface area contributed by atoms with Crippen LogP contribution in [0.5, 0.6) is 0 Å². The standard InChI is InChI=1S/C26H37N3O4S/c1-6-8-17-27-26(31)23(7-2)28(18-22-14-10-9-11-15-22)25(30)19-29(34(5,32)33)24-16-12-13-20(3)21(24)4/h9-16,23H,6-8,17-19H2,1-5H3,(H,27,31). The Kier molecular flexibility index (Phi) is 10.1. The zero-order valence-electron chi connectivity index (χ0n) is 20.9. The maximum absolute atomic E-state index is 13.6. The van der Waals surface area contributed by atoms with Crippen LogP contribution in [-0.4, -0.2) is 50.5 Å². The first kappa shape index (κ1) is 27.4. The number of carbonyl (C=O) groups is 2. The largest absolute Gasteiger partial charge is 0.354 e. The molecule has 2 aromatic carbocycles. The summed E-state index contributed by atoms with van der Waals surface area (Å²) in [4.78, 5) is 28.1. The maximum atomic E-state index is 13.6. The molecule has 34 heavy (non-hydrogen) atoms. The molecule has 2 rings (SSSR count). The number of rotatable bonds is 12. The van der Waals surface area contributed by atoms with Gasteiger partial charge in [-0.15, -0.1) is 0 Å². The van der Waals surface area contributed by atoms with Crippen LogP contribution in [-0.2, 0) is 26.2 Å². The van der Waals surface area contributed by atoms with E-state index in [1.807, 2.05) is 64.1 Å². The SMILES string of the molecule is CCCCNC(=O)C(CC)N(Cc1ccccc1)C(=O)CN(c1cccc(C)c1C)S(C)(=O)=O. The zero-order valence-corrected chi connectivity index (χ0v) is 21.7. The number of hydrogen-bond acceptors (Lipinski definition) is 4. The van der Waals surface area contributed by atoms with Crippen LogP contribution in [0.15, 0.2) is 48.5 Å². The number of aryl methyl sites for hydroxylation is 1. The topological polar surface area (TPSA) is 86.8 Å². The molecule has 0 aliphatic heterocycles. The quantitative estimate of drug-likeness (QED) is 0.462. The van der Waals surface area contributed by atoms with Crippen molar-refractivity contribution in [3.05, 3.63) is 65.2 Å². The summed E-state index contributed by atoms with van der Waals surface area (Å²) in [7, 11) is -3.74. The minimum atomic E-state index is -3.74. The second-order valence-electron chi connectivity index (χ2n) is 8.56. The number of unbranched alkanes of at least 4 members (excludes halogenated alkanes) is 1. The van der Waals surface area contributed by atoms with E-state index in [2.05, 4.69) is 5.32 Å². The van der Waals surface area contributed by atoms with Gasteiger partial charge in [-0.3, -0.25) is 13.9 Å². The Morgan fingerprint density at radius 3 is 2.26 bits per heavy atom. The summed E-state index contributed by atoms with van der Waals surface area (Å²) in [6.07, 6.45) is 3.31. The van der Waals surface area contributed by atoms with Crippen LogP contribution in [0.1, 0.15) is 49.8 Å². The van der Waals surface area contributed by atoms with Crippen molar-refractivity contribution in [2.24, 2.45) is 0 Å². The highest BCUT2D eigenvalue weighted by Gasteiger charge is 2.32. The van der Waals surface area contributed by atoms with E-state index in [9.17, 15) is 18.0 Å². The van der Waals surface area contributed by atoms with Gasteiger partial charge in [0.25, 0.3) is 0 Å². The Hall–Kier alpha value is -2.87. The van der Waals surface area contributed by atoms with Gasteiger partial charge in [-0.2, -0.15) is 0 Å². The predicted octanol–water partition coefficient (Wildman–Crippen LogP) is 3.79. The third-order valence-corrected chi connectivity index (χ3v) is 7.06. The van der Waals surface area contributed by atoms with Gasteiger partial charge in [0, 0.05) is 13.1 Å². The van der Waals surface area contributed by atoms with E-state index in [0.29, 0.717) is 18.7 Å². The number of nitrogens with zero attached hydrogens (tertiary/aromatic N) is 2. The van der Waals surface area contributed by atoms with Crippen molar-refractivity contribution in [1.29, 1.82) is 0 Å². The van der Waals surface area contributed by atoms with Gasteiger partial charge < -0.3 is 10.2 Å². The Bertz CT molecular complexity index is 1070. The first-order chi connectivity index (χ1) is 16.1. The molecule has 0 bridgehead atoms. The molecule has 0 aromatic heterocycles. The van der Waals surface area contributed by atoms with E-state index in [4.69, 9.17) is 0 Å². The van der Waals surface area contributed by atoms with E-state index in [-0.39, 0.29) is 19.0 Å². The van der Waals surface area contributed by atoms with E-state index < -0.39 is 22.0 Å². The van der Waals surface area contributed by atoms with Crippen LogP contribution in [0.3, 0.4) is 0 Å². The van der Waals surface area contributed by atoms with Gasteiger partial charge in [0.05, 0.1) is 11.9 Å². The lowest BCUT2D eigenvalue weighted by Crippen LogP contribution is -2.52. The molecule has 0 fully saturated rings. The average molecular weight is 488 g/mol. The lowest BCUT2D eigenvalue weighted by Gasteiger charge is -2.33. The smallest absolute Gasteiger partial charge is 0.244 e. The Morgan fingerprint density at radius 1 is 1.00 bits per heavy atom. The summed E-state index contributed by atoms with van der Waals surface area (Å²) in [5.41, 5.74) is 3.06. The lowest BCUT2D eigenvalue weighted by molar-refractivity contribution is -0.140. The summed E-state index contributed by atoms with van der Waals surface area (Å²) < 4.78 is 26.6. The molecule has 2 amide bonds. The van der Waals surface area contributed by atoms with Gasteiger partial charge in [0.15, 0.2) is 0 Å². The first-order valence-electron chi connectivity index (χ1n) is 11.7. The van der Waals surface area contributed by atoms with Gasteiger partial charge in [0.1, 0.15) is 12.6 Å². The minimum Gasteiger partial charge on any atom is -0.354 e. The molecule has 186 valence electrons. The molecule has 0 aliphatic rings. The van der Waals surface area contributed by atoms with Crippen LogP contribution in [0, 0.1) is 13.8 Å². The number of carbonyl (C=O) groups excluding carboxylic acids is 2. The molecular formula is C26H37N3O4S. The lowest BCUT2D eigenvalue weighted by atomic mass is 10.1. The molecule has 0 radical (unpaired) electrons. The molecule has 2 aromatic rings. The monoisotopic (exact) mass is 487 g/mol. The fourth-order valence-electron chi connectivity index (χ4n) is 3.81. The van der Waals surface area contributed by atoms with Crippen molar-refractivity contribution in [2.45, 2.75) is 59.5 Å². The zero-order chi connectivity index (χ0) is 25.3. The first-order valence-corrected chi connectivity index (χ1v) is 13.6. The normalized spacial score (nSPS) is 12.1. The third kappa shape index (κ3) is 7.32. The summed E-state index contributed by atoms with van der Waals surface area (Å²) in [5.74, 6) is -0.648. The van der Waals surface area contributed by atoms with E-state index in [0.717, 1.165) is 40.1 Å². The van der Waals surface area contributed by atoms with Crippen molar-refractivity contribution in [2.75, 3.05) is 23.7 Å². The summed E-state index contributed by atoms with van der Waals surface area (Å²) >= 11 is 0. The highest BCUT2D eigenvalue weighted by atomic mass is 32.2. The van der Waals surface area contributed by atoms with Crippen LogP contribution >= 0.6 is 0 Å². The number of sulfonamides is 1. The molecule has 1 atom stereocenters. The molecular weight excluding hydrogens is 450 g/mol. The Balaban J connectivity index is 2.42. The Morgan fingerprint density at radius 2 is 1.68 bits per heavy atom. The van der Waals surface area contributed by atoms with Crippen molar-refractivity contribution in [3.63, 3.8) is 0 Å². The summed E-state index contributed by atoms with van der Waals surface area (Å²) in [5, 5.41) is 2.92. The van der Waals surface area contributed by atoms with Gasteiger partial charge in [-0.05, 0) is 49.4 Å². The van der Waals surface area contributed by atoms with Gasteiger partial charge >= 0.3 is 0 Å². The number of anilines is 1. The molecule has 8 heteroatoms. The number of benzene rings is 2. The highest BCUT2D eigenvalue weighted by Crippen LogP contribution is 2.25. The Labute approximate surface area is 204 Å². The summed E-state index contributed by atoms with van der Waals surface area (Å²) in [6.45, 7) is 8.01. The van der Waals surface area contributed by atoms with Crippen molar-refractivity contribution in [3.8, 4) is 0 Å². The van der Waals surface area contributed by atoms with Gasteiger partial charge in [-0.25, -0.2) is 8.42 Å². The van der Waals surface area contributed by atoms with Crippen molar-refractivity contribution >= 4 is 27.5 Å². The number of nitrogens with one attached hydrogen (secondary N) is 1. The van der Waals surface area contributed by atoms with Gasteiger partial charge in [0.2, 0.25) is 21.8 Å². The van der Waals surface area contributed by atoms with Crippen LogP contribution in [0.25, 0.3) is 0 Å². The second kappa shape index (κ2) is 12.6. The van der Waals surface area contributed by atoms with Crippen LogP contribution in [0.4, 0.5) is 5.69 Å².